The summed E-state index contributed by atoms with van der Waals surface area (Å²) in [6.45, 7) is 6.89. The van der Waals surface area contributed by atoms with E-state index in [0.717, 1.165) is 33.5 Å². The van der Waals surface area contributed by atoms with E-state index in [-0.39, 0.29) is 0 Å². The Hall–Kier alpha value is -0.650. The van der Waals surface area contributed by atoms with E-state index in [2.05, 4.69) is 33.3 Å². The summed E-state index contributed by atoms with van der Waals surface area (Å²) < 4.78 is 2.96. The minimum atomic E-state index is -0.464. The molecule has 0 aliphatic rings. The van der Waals surface area contributed by atoms with Gasteiger partial charge < -0.3 is 5.11 Å². The highest BCUT2D eigenvalue weighted by molar-refractivity contribution is 9.10. The van der Waals surface area contributed by atoms with Gasteiger partial charge in [-0.25, -0.2) is 0 Å². The van der Waals surface area contributed by atoms with Crippen molar-refractivity contribution >= 4 is 27.3 Å². The van der Waals surface area contributed by atoms with Gasteiger partial charge >= 0.3 is 0 Å². The summed E-state index contributed by atoms with van der Waals surface area (Å²) in [4.78, 5) is 0. The van der Waals surface area contributed by atoms with E-state index in [1.54, 1.807) is 11.3 Å². The van der Waals surface area contributed by atoms with Gasteiger partial charge in [-0.05, 0) is 58.6 Å². The van der Waals surface area contributed by atoms with Crippen molar-refractivity contribution in [1.29, 1.82) is 0 Å². The quantitative estimate of drug-likeness (QED) is 0.930. The molecule has 0 radical (unpaired) electrons. The van der Waals surface area contributed by atoms with Crippen LogP contribution in [-0.2, 0) is 13.0 Å². The molecule has 1 atom stereocenters. The molecule has 1 unspecified atom stereocenters. The monoisotopic (exact) mass is 328 g/mol. The summed E-state index contributed by atoms with van der Waals surface area (Å²) in [5, 5.41) is 18.9. The van der Waals surface area contributed by atoms with E-state index in [0.29, 0.717) is 6.42 Å². The number of nitrogens with zero attached hydrogens (tertiary/aromatic N) is 2. The van der Waals surface area contributed by atoms with Crippen LogP contribution in [0.2, 0.25) is 0 Å². The van der Waals surface area contributed by atoms with Crippen LogP contribution in [0.3, 0.4) is 0 Å². The second kappa shape index (κ2) is 5.55. The molecule has 18 heavy (non-hydrogen) atoms. The van der Waals surface area contributed by atoms with Crippen LogP contribution >= 0.6 is 27.3 Å². The summed E-state index contributed by atoms with van der Waals surface area (Å²) in [5.74, 6) is 0. The van der Waals surface area contributed by atoms with Gasteiger partial charge in [0.05, 0.1) is 22.0 Å². The van der Waals surface area contributed by atoms with E-state index < -0.39 is 6.10 Å². The first-order valence-electron chi connectivity index (χ1n) is 5.97. The maximum absolute atomic E-state index is 10.3. The Morgan fingerprint density at radius 3 is 2.72 bits per heavy atom. The zero-order chi connectivity index (χ0) is 13.3. The molecule has 0 aliphatic carbocycles. The Morgan fingerprint density at radius 1 is 1.44 bits per heavy atom. The molecule has 0 amide bonds. The summed E-state index contributed by atoms with van der Waals surface area (Å²) >= 11 is 5.19. The molecule has 0 aliphatic heterocycles. The molecule has 2 aromatic rings. The number of rotatable bonds is 4. The number of aliphatic hydroxyl groups excluding tert-OH is 1. The molecule has 2 rings (SSSR count). The van der Waals surface area contributed by atoms with Crippen molar-refractivity contribution in [1.82, 2.24) is 9.78 Å². The average Bonchev–Trinajstić information content (AvgIpc) is 2.87. The lowest BCUT2D eigenvalue weighted by Gasteiger charge is -2.12. The van der Waals surface area contributed by atoms with Crippen LogP contribution in [0.25, 0.3) is 0 Å². The first-order chi connectivity index (χ1) is 8.54. The maximum atomic E-state index is 10.3. The molecule has 98 valence electrons. The van der Waals surface area contributed by atoms with Crippen LogP contribution in [0.4, 0.5) is 0 Å². The van der Waals surface area contributed by atoms with E-state index in [9.17, 15) is 5.11 Å². The van der Waals surface area contributed by atoms with Crippen molar-refractivity contribution in [2.45, 2.75) is 39.8 Å². The molecule has 3 nitrogen and oxygen atoms in total. The van der Waals surface area contributed by atoms with Crippen LogP contribution in [0.15, 0.2) is 15.2 Å². The van der Waals surface area contributed by atoms with Gasteiger partial charge in [0.25, 0.3) is 0 Å². The largest absolute Gasteiger partial charge is 0.388 e. The predicted octanol–water partition coefficient (Wildman–Crippen LogP) is 3.62. The summed E-state index contributed by atoms with van der Waals surface area (Å²) in [6.07, 6.45) is 0.126. The fourth-order valence-electron chi connectivity index (χ4n) is 2.07. The topological polar surface area (TPSA) is 38.0 Å². The Kier molecular flexibility index (Phi) is 4.25. The number of aryl methyl sites for hydroxylation is 3. The van der Waals surface area contributed by atoms with Gasteiger partial charge in [0.2, 0.25) is 0 Å². The molecule has 1 N–H and O–H groups in total. The van der Waals surface area contributed by atoms with Crippen LogP contribution in [0.1, 0.15) is 35.5 Å². The molecule has 0 spiro atoms. The molecule has 0 saturated heterocycles. The fraction of sp³-hybridized carbons (Fsp3) is 0.462. The lowest BCUT2D eigenvalue weighted by molar-refractivity contribution is 0.175. The zero-order valence-electron chi connectivity index (χ0n) is 10.8. The third kappa shape index (κ3) is 2.53. The van der Waals surface area contributed by atoms with Crippen molar-refractivity contribution in [3.05, 3.63) is 37.7 Å². The van der Waals surface area contributed by atoms with Gasteiger partial charge in [-0.2, -0.15) is 16.4 Å². The molecule has 5 heteroatoms. The van der Waals surface area contributed by atoms with Crippen LogP contribution in [0, 0.1) is 13.8 Å². The SMILES string of the molecule is CCn1nc(C)c(Br)c1CC(O)c1cscc1C. The van der Waals surface area contributed by atoms with Gasteiger partial charge in [0.15, 0.2) is 0 Å². The summed E-state index contributed by atoms with van der Waals surface area (Å²) in [7, 11) is 0. The molecule has 0 aromatic carbocycles. The number of halogens is 1. The Labute approximate surface area is 120 Å². The zero-order valence-corrected chi connectivity index (χ0v) is 13.2. The van der Waals surface area contributed by atoms with Gasteiger partial charge in [-0.3, -0.25) is 4.68 Å². The maximum Gasteiger partial charge on any atom is 0.0856 e. The van der Waals surface area contributed by atoms with Crippen LogP contribution < -0.4 is 0 Å². The first-order valence-corrected chi connectivity index (χ1v) is 7.70. The van der Waals surface area contributed by atoms with E-state index in [4.69, 9.17) is 0 Å². The van der Waals surface area contributed by atoms with Gasteiger partial charge in [0.1, 0.15) is 0 Å². The third-order valence-electron chi connectivity index (χ3n) is 3.09. The van der Waals surface area contributed by atoms with Crippen LogP contribution in [-0.4, -0.2) is 14.9 Å². The molecule has 0 bridgehead atoms. The number of aromatic nitrogens is 2. The lowest BCUT2D eigenvalue weighted by atomic mass is 10.0. The minimum Gasteiger partial charge on any atom is -0.388 e. The highest BCUT2D eigenvalue weighted by atomic mass is 79.9. The second-order valence-electron chi connectivity index (χ2n) is 4.39. The van der Waals surface area contributed by atoms with Crippen molar-refractivity contribution in [3.63, 3.8) is 0 Å². The highest BCUT2D eigenvalue weighted by Crippen LogP contribution is 2.29. The van der Waals surface area contributed by atoms with E-state index in [1.807, 2.05) is 23.9 Å². The number of hydrogen-bond acceptors (Lipinski definition) is 3. The second-order valence-corrected chi connectivity index (χ2v) is 5.93. The van der Waals surface area contributed by atoms with E-state index in [1.165, 1.54) is 0 Å². The van der Waals surface area contributed by atoms with Crippen molar-refractivity contribution < 1.29 is 5.11 Å². The molecular weight excluding hydrogens is 312 g/mol. The Bertz CT molecular complexity index is 547. The molecule has 0 saturated carbocycles. The number of thiophene rings is 1. The van der Waals surface area contributed by atoms with Crippen molar-refractivity contribution in [2.75, 3.05) is 0 Å². The molecular formula is C13H17BrN2OS. The normalized spacial score (nSPS) is 12.9. The van der Waals surface area contributed by atoms with E-state index >= 15 is 0 Å². The van der Waals surface area contributed by atoms with Gasteiger partial charge in [-0.15, -0.1) is 0 Å². The van der Waals surface area contributed by atoms with Crippen LogP contribution in [0.5, 0.6) is 0 Å². The minimum absolute atomic E-state index is 0.464. The molecule has 2 heterocycles. The standard InChI is InChI=1S/C13H17BrN2OS/c1-4-16-11(13(14)9(3)15-16)5-12(17)10-7-18-6-8(10)2/h6-7,12,17H,4-5H2,1-3H3. The average molecular weight is 329 g/mol. The molecule has 0 fully saturated rings. The number of hydrogen-bond donors (Lipinski definition) is 1. The Balaban J connectivity index is 2.27. The highest BCUT2D eigenvalue weighted by Gasteiger charge is 2.18. The fourth-order valence-corrected chi connectivity index (χ4v) is 3.41. The Morgan fingerprint density at radius 2 is 2.17 bits per heavy atom. The summed E-state index contributed by atoms with van der Waals surface area (Å²) in [6, 6.07) is 0. The van der Waals surface area contributed by atoms with Crippen molar-refractivity contribution in [2.24, 2.45) is 0 Å². The third-order valence-corrected chi connectivity index (χ3v) is 5.00. The summed E-state index contributed by atoms with van der Waals surface area (Å²) in [5.41, 5.74) is 4.21. The molecule has 2 aromatic heterocycles. The predicted molar refractivity (Wildman–Crippen MR) is 78.1 cm³/mol. The first kappa shape index (κ1) is 13.8. The lowest BCUT2D eigenvalue weighted by Crippen LogP contribution is -2.09. The van der Waals surface area contributed by atoms with Gasteiger partial charge in [0, 0.05) is 13.0 Å². The van der Waals surface area contributed by atoms with Gasteiger partial charge in [-0.1, -0.05) is 0 Å². The smallest absolute Gasteiger partial charge is 0.0856 e. The van der Waals surface area contributed by atoms with Crippen molar-refractivity contribution in [3.8, 4) is 0 Å². The number of aliphatic hydroxyl groups is 1.